The van der Waals surface area contributed by atoms with Crippen LogP contribution in [0.5, 0.6) is 0 Å². The summed E-state index contributed by atoms with van der Waals surface area (Å²) in [5.41, 5.74) is -2.65. The van der Waals surface area contributed by atoms with Crippen molar-refractivity contribution in [3.63, 3.8) is 0 Å². The third-order valence-corrected chi connectivity index (χ3v) is 28.7. The quantitative estimate of drug-likeness (QED) is 0.0247. The fourth-order valence-electron chi connectivity index (χ4n) is 21.3. The molecule has 22 N–H and O–H groups in total. The molecule has 17 unspecified atom stereocenters. The fraction of sp³-hybridized carbons (Fsp3) is 0.922. The number of carboxylic acids is 1. The number of carbonyl (C=O) groups is 2. The first-order valence-electron chi connectivity index (χ1n) is 40.3. The molecule has 0 spiro atoms. The monoisotopic (exact) mass is 1670 g/mol. The molecule has 46 atom stereocenters. The van der Waals surface area contributed by atoms with Crippen LogP contribution in [0.2, 0.25) is 0 Å². The van der Waals surface area contributed by atoms with Crippen LogP contribution in [0.1, 0.15) is 127 Å². The Morgan fingerprint density at radius 2 is 0.957 bits per heavy atom. The zero-order chi connectivity index (χ0) is 85.0. The SMILES string of the molecule is C=C(O[C@@H]1OC(C)[C@H](O)[C@@H](O)C1O[C@@H]1OC(C)[C@H](O[C@@H]2OC[C@@H](O)[C@@H](O)C2O)[C@H](O[C@@H]2OC(CO)[C@@H](O)[C@@H](O)C2O)C1O)[C@]12CCC(C)(C)C[C@H]1C1=CCC3[C@@]4(C)CC[C@H](O[C@@H]5OC(C(=O)O)[C@@H](O)[C@@H](O[C@@H]6OC(C)[C@H](O)[C@H](O)C6O)C5O[C@@H]5OC(CO)[C@H](O)[C@@H](O)C5O)[C@@](C)(C=O)C4CC[C@@]3(C)[C@]1(C)CC2.OC1COC[C@@H](O)C1O. The molecular formula is C77H124O39. The third-order valence-electron chi connectivity index (χ3n) is 28.7. The van der Waals surface area contributed by atoms with Crippen LogP contribution in [0.4, 0.5) is 0 Å². The summed E-state index contributed by atoms with van der Waals surface area (Å²) in [6.45, 7) is 20.0. The molecule has 4 saturated carbocycles. The zero-order valence-corrected chi connectivity index (χ0v) is 66.4. The lowest BCUT2D eigenvalue weighted by molar-refractivity contribution is -0.395. The van der Waals surface area contributed by atoms with Crippen LogP contribution in [0.15, 0.2) is 24.0 Å². The van der Waals surface area contributed by atoms with Gasteiger partial charge < -0.3 is 188 Å². The number of hydrogen-bond donors (Lipinski definition) is 22. The molecule has 0 bridgehead atoms. The van der Waals surface area contributed by atoms with Crippen molar-refractivity contribution in [3.8, 4) is 0 Å². The summed E-state index contributed by atoms with van der Waals surface area (Å²) >= 11 is 0. The van der Waals surface area contributed by atoms with Crippen LogP contribution in [0, 0.1) is 50.2 Å². The Morgan fingerprint density at radius 1 is 0.466 bits per heavy atom. The smallest absolute Gasteiger partial charge is 0.335 e. The van der Waals surface area contributed by atoms with Gasteiger partial charge >= 0.3 is 5.97 Å². The summed E-state index contributed by atoms with van der Waals surface area (Å²) in [5.74, 6) is -2.07. The molecule has 8 heterocycles. The van der Waals surface area contributed by atoms with Gasteiger partial charge in [-0.3, -0.25) is 0 Å². The van der Waals surface area contributed by atoms with Crippen molar-refractivity contribution in [2.24, 2.45) is 50.2 Å². The van der Waals surface area contributed by atoms with Crippen LogP contribution in [-0.2, 0) is 80.6 Å². The molecule has 5 aliphatic carbocycles. The van der Waals surface area contributed by atoms with E-state index < -0.39 is 292 Å². The minimum absolute atomic E-state index is 0.0665. The second-order valence-corrected chi connectivity index (χ2v) is 36.2. The predicted molar refractivity (Wildman–Crippen MR) is 384 cm³/mol. The van der Waals surface area contributed by atoms with Gasteiger partial charge in [-0.2, -0.15) is 0 Å². The molecule has 39 nitrogen and oxygen atoms in total. The molecule has 12 fully saturated rings. The highest BCUT2D eigenvalue weighted by Crippen LogP contribution is 2.77. The lowest BCUT2D eigenvalue weighted by Gasteiger charge is -2.71. The van der Waals surface area contributed by atoms with Gasteiger partial charge in [0.1, 0.15) is 159 Å². The van der Waals surface area contributed by atoms with Gasteiger partial charge in [0.2, 0.25) is 6.29 Å². The van der Waals surface area contributed by atoms with Crippen molar-refractivity contribution in [3.05, 3.63) is 24.0 Å². The number of aliphatic hydroxyl groups excluding tert-OH is 21. The Bertz CT molecular complexity index is 3350. The van der Waals surface area contributed by atoms with Crippen molar-refractivity contribution >= 4 is 12.3 Å². The highest BCUT2D eigenvalue weighted by molar-refractivity contribution is 5.73. The van der Waals surface area contributed by atoms with E-state index >= 15 is 0 Å². The molecular weight excluding hydrogens is 1550 g/mol. The first kappa shape index (κ1) is 92.2. The molecule has 0 amide bonds. The number of carbonyl (C=O) groups excluding carboxylic acids is 1. The number of allylic oxidation sites excluding steroid dienone is 3. The van der Waals surface area contributed by atoms with Crippen molar-refractivity contribution in [2.45, 2.75) is 360 Å². The van der Waals surface area contributed by atoms with Crippen LogP contribution in [0.3, 0.4) is 0 Å². The van der Waals surface area contributed by atoms with E-state index in [1.54, 1.807) is 6.92 Å². The van der Waals surface area contributed by atoms with Gasteiger partial charge in [-0.25, -0.2) is 4.79 Å². The number of ether oxygens (including phenoxy) is 15. The zero-order valence-electron chi connectivity index (χ0n) is 66.4. The Morgan fingerprint density at radius 3 is 1.53 bits per heavy atom. The predicted octanol–water partition coefficient (Wildman–Crippen LogP) is -6.48. The van der Waals surface area contributed by atoms with Crippen molar-refractivity contribution in [1.82, 2.24) is 0 Å². The maximum absolute atomic E-state index is 14.3. The standard InChI is InChI=1S/C72H114O35.C5H10O4/c1-26-38(77)43(82)48(87)61(95-26)103-54-51(90)56(59(92)93)105-66(58(54)107-63-50(89)45(84)42(81)34(23-74)100-63)101-37-14-15-68(7)35(69(37,8)25-75)13-16-71(10)36(68)12-11-30-31-21-67(5,6)17-19-72(31,20-18-70(30,71)9)29(4)98-65-57(46(85)39(78)27(2)96-65)106-64-52(91)55(104-62-49(88)44(83)41(80)33(22-73)99-62)53(28(3)97-64)102-60-47(86)40(79)32(76)24-94-60;6-3-1-9-2-4(7)5(3)8/h11,25-28,31-58,60-66,73-74,76-91H,4,12-24H2,1-3,5-10H3,(H,92,93);3-8H,1-2H2/t26?,27?,28?,31-,32+,33?,34?,35?,36?,37-,38-,39-,40+,41+,42-,43-,44+,45+,46+,47?,48?,49?,50?,51-,52?,53-,54+,55+,56?,57?,58?,60-,61-,62-,63-,64-,65-,66+,68-,69-,70+,71+,72+;3-,4?,5?/m01/s1. The number of aldehydes is 1. The van der Waals surface area contributed by atoms with Crippen molar-refractivity contribution in [1.29, 1.82) is 0 Å². The highest BCUT2D eigenvalue weighted by atomic mass is 16.8. The molecule has 39 heteroatoms. The Kier molecular flexibility index (Phi) is 28.3. The first-order valence-corrected chi connectivity index (χ1v) is 40.3. The molecule has 8 saturated heterocycles. The maximum atomic E-state index is 14.3. The molecule has 0 radical (unpaired) electrons. The minimum Gasteiger partial charge on any atom is -0.479 e. The average molecular weight is 1670 g/mol. The summed E-state index contributed by atoms with van der Waals surface area (Å²) in [7, 11) is 0. The van der Waals surface area contributed by atoms with E-state index in [4.69, 9.17) is 86.4 Å². The van der Waals surface area contributed by atoms with Crippen LogP contribution >= 0.6 is 0 Å². The molecule has 13 aliphatic rings. The summed E-state index contributed by atoms with van der Waals surface area (Å²) in [5, 5.41) is 235. The molecule has 0 aromatic rings. The second kappa shape index (κ2) is 35.6. The van der Waals surface area contributed by atoms with E-state index in [1.807, 2.05) is 0 Å². The van der Waals surface area contributed by atoms with E-state index in [9.17, 15) is 107 Å². The maximum Gasteiger partial charge on any atom is 0.335 e. The van der Waals surface area contributed by atoms with E-state index in [-0.39, 0.29) is 36.9 Å². The summed E-state index contributed by atoms with van der Waals surface area (Å²) < 4.78 is 91.0. The Hall–Kier alpha value is -2.98. The Labute approximate surface area is 670 Å². The van der Waals surface area contributed by atoms with Crippen molar-refractivity contribution < 1.29 is 193 Å². The van der Waals surface area contributed by atoms with Gasteiger partial charge in [-0.1, -0.05) is 59.8 Å². The Balaban J connectivity index is 0.00000129. The molecule has 116 heavy (non-hydrogen) atoms. The number of carboxylic acid groups (broad SMARTS) is 1. The normalized spacial score (nSPS) is 54.2. The van der Waals surface area contributed by atoms with Gasteiger partial charge in [0.05, 0.1) is 68.6 Å². The van der Waals surface area contributed by atoms with Gasteiger partial charge in [-0.05, 0) is 124 Å². The molecule has 8 aliphatic heterocycles. The summed E-state index contributed by atoms with van der Waals surface area (Å²) in [4.78, 5) is 27.4. The largest absolute Gasteiger partial charge is 0.479 e. The number of hydrogen-bond acceptors (Lipinski definition) is 38. The van der Waals surface area contributed by atoms with Crippen LogP contribution < -0.4 is 0 Å². The minimum atomic E-state index is -2.21. The first-order chi connectivity index (χ1) is 54.4. The van der Waals surface area contributed by atoms with Gasteiger partial charge in [-0.15, -0.1) is 0 Å². The highest BCUT2D eigenvalue weighted by Gasteiger charge is 2.71. The van der Waals surface area contributed by atoms with Gasteiger partial charge in [0.25, 0.3) is 0 Å². The van der Waals surface area contributed by atoms with E-state index in [2.05, 4.69) is 47.3 Å². The summed E-state index contributed by atoms with van der Waals surface area (Å²) in [6.07, 6.45) is -55.4. The average Bonchev–Trinajstić information content (AvgIpc) is 0.672. The number of fused-ring (bicyclic) bond motifs is 7. The number of aliphatic hydroxyl groups is 21. The number of aliphatic carboxylic acids is 1. The third kappa shape index (κ3) is 16.7. The number of rotatable bonds is 19. The second-order valence-electron chi connectivity index (χ2n) is 36.2. The van der Waals surface area contributed by atoms with Crippen molar-refractivity contribution in [2.75, 3.05) is 33.0 Å². The van der Waals surface area contributed by atoms with Crippen LogP contribution in [-0.4, -0.2) is 391 Å². The lowest BCUT2D eigenvalue weighted by Crippen LogP contribution is -2.69. The topological polar surface area (TPSA) is 618 Å². The molecule has 666 valence electrons. The van der Waals surface area contributed by atoms with Crippen LogP contribution in [0.25, 0.3) is 0 Å². The fourth-order valence-corrected chi connectivity index (χ4v) is 21.3. The van der Waals surface area contributed by atoms with E-state index in [0.29, 0.717) is 57.1 Å². The van der Waals surface area contributed by atoms with Gasteiger partial charge in [0, 0.05) is 5.41 Å². The molecule has 0 aromatic heterocycles. The van der Waals surface area contributed by atoms with Gasteiger partial charge in [0.15, 0.2) is 49.9 Å². The molecule has 0 aromatic carbocycles. The lowest BCUT2D eigenvalue weighted by atomic mass is 9.33. The molecule has 13 rings (SSSR count). The van der Waals surface area contributed by atoms with E-state index in [1.165, 1.54) is 26.3 Å². The van der Waals surface area contributed by atoms with E-state index in [0.717, 1.165) is 12.7 Å². The summed E-state index contributed by atoms with van der Waals surface area (Å²) in [6, 6.07) is 0.